The van der Waals surface area contributed by atoms with E-state index >= 15 is 0 Å². The summed E-state index contributed by atoms with van der Waals surface area (Å²) in [5.74, 6) is 0.390. The van der Waals surface area contributed by atoms with E-state index in [1.54, 1.807) is 0 Å². The molecule has 0 amide bonds. The molecule has 2 nitrogen and oxygen atoms in total. The maximum absolute atomic E-state index is 9.99. The Labute approximate surface area is 138 Å². The Bertz CT molecular complexity index is 672. The molecule has 2 bridgehead atoms. The van der Waals surface area contributed by atoms with Crippen LogP contribution < -0.4 is 0 Å². The number of phenols is 1. The van der Waals surface area contributed by atoms with E-state index in [4.69, 9.17) is 0 Å². The molecule has 22 heavy (non-hydrogen) atoms. The second-order valence-corrected chi connectivity index (χ2v) is 6.58. The third kappa shape index (κ3) is 2.22. The van der Waals surface area contributed by atoms with E-state index < -0.39 is 0 Å². The van der Waals surface area contributed by atoms with Gasteiger partial charge in [0.1, 0.15) is 5.75 Å². The van der Waals surface area contributed by atoms with Crippen LogP contribution in [0.2, 0.25) is 0 Å². The van der Waals surface area contributed by atoms with E-state index in [9.17, 15) is 5.11 Å². The average Bonchev–Trinajstić information content (AvgIpc) is 2.52. The molecule has 2 aliphatic rings. The molecule has 1 aliphatic carbocycles. The van der Waals surface area contributed by atoms with Gasteiger partial charge < -0.3 is 10.0 Å². The van der Waals surface area contributed by atoms with Gasteiger partial charge >= 0.3 is 0 Å². The number of phenolic OH excluding ortho intramolecular Hbond substituents is 1. The molecule has 3 heteroatoms. The van der Waals surface area contributed by atoms with Crippen molar-refractivity contribution in [1.82, 2.24) is 4.90 Å². The molecular weight excluding hydrogens is 294 g/mol. The first kappa shape index (κ1) is 15.4. The van der Waals surface area contributed by atoms with Crippen molar-refractivity contribution in [1.29, 1.82) is 0 Å². The highest BCUT2D eigenvalue weighted by atomic mass is 35.5. The number of aromatic hydroxyl groups is 1. The number of nitrogens with zero attached hydrogens (tertiary/aromatic N) is 1. The molecule has 1 N–H and O–H groups in total. The Kier molecular flexibility index (Phi) is 3.92. The normalized spacial score (nSPS) is 26.9. The summed E-state index contributed by atoms with van der Waals surface area (Å²) in [6.45, 7) is 1.12. The van der Waals surface area contributed by atoms with Gasteiger partial charge in [0.05, 0.1) is 0 Å². The Morgan fingerprint density at radius 1 is 1.14 bits per heavy atom. The Balaban J connectivity index is 0.00000144. The van der Waals surface area contributed by atoms with Crippen molar-refractivity contribution in [3.05, 3.63) is 65.2 Å². The van der Waals surface area contributed by atoms with Crippen LogP contribution in [0.1, 0.15) is 29.5 Å². The maximum Gasteiger partial charge on any atom is 0.115 e. The van der Waals surface area contributed by atoms with Gasteiger partial charge in [0.15, 0.2) is 0 Å². The standard InChI is InChI=1S/C19H21NO.ClH/c1-20-10-9-19(15-5-3-2-4-6-15)13-16(20)11-14-7-8-17(21)12-18(14)19;/h2-8,12,16,21H,9-11,13H2,1H3;1H. The Morgan fingerprint density at radius 2 is 1.91 bits per heavy atom. The zero-order valence-corrected chi connectivity index (χ0v) is 13.6. The predicted octanol–water partition coefficient (Wildman–Crippen LogP) is 3.75. The van der Waals surface area contributed by atoms with Crippen molar-refractivity contribution in [2.24, 2.45) is 0 Å². The van der Waals surface area contributed by atoms with Crippen molar-refractivity contribution in [3.63, 3.8) is 0 Å². The fraction of sp³-hybridized carbons (Fsp3) is 0.368. The molecule has 1 saturated heterocycles. The minimum Gasteiger partial charge on any atom is -0.508 e. The molecule has 2 aromatic carbocycles. The third-order valence-corrected chi connectivity index (χ3v) is 5.49. The lowest BCUT2D eigenvalue weighted by Crippen LogP contribution is -2.52. The fourth-order valence-corrected chi connectivity index (χ4v) is 4.30. The zero-order valence-electron chi connectivity index (χ0n) is 12.8. The number of likely N-dealkylation sites (N-methyl/N-ethyl adjacent to an activating group) is 1. The molecule has 0 saturated carbocycles. The molecule has 4 rings (SSSR count). The summed E-state index contributed by atoms with van der Waals surface area (Å²) in [6.07, 6.45) is 3.38. The molecule has 116 valence electrons. The SMILES string of the molecule is CN1CCC2(c3ccccc3)CC1Cc1ccc(O)cc12.Cl. The lowest BCUT2D eigenvalue weighted by molar-refractivity contribution is 0.123. The van der Waals surface area contributed by atoms with Crippen LogP contribution >= 0.6 is 12.4 Å². The molecule has 1 aliphatic heterocycles. The number of halogens is 1. The quantitative estimate of drug-likeness (QED) is 0.866. The van der Waals surface area contributed by atoms with Crippen LogP contribution in [-0.4, -0.2) is 29.6 Å². The summed E-state index contributed by atoms with van der Waals surface area (Å²) >= 11 is 0. The molecule has 0 aromatic heterocycles. The van der Waals surface area contributed by atoms with Gasteiger partial charge in [0.25, 0.3) is 0 Å². The predicted molar refractivity (Wildman–Crippen MR) is 91.9 cm³/mol. The number of benzene rings is 2. The number of likely N-dealkylation sites (tertiary alicyclic amines) is 1. The number of fused-ring (bicyclic) bond motifs is 4. The minimum atomic E-state index is 0. The van der Waals surface area contributed by atoms with Gasteiger partial charge in [-0.1, -0.05) is 36.4 Å². The maximum atomic E-state index is 9.99. The van der Waals surface area contributed by atoms with Gasteiger partial charge in [-0.05, 0) is 61.7 Å². The van der Waals surface area contributed by atoms with Crippen LogP contribution in [0.15, 0.2) is 48.5 Å². The molecule has 2 atom stereocenters. The van der Waals surface area contributed by atoms with Crippen molar-refractivity contribution in [2.75, 3.05) is 13.6 Å². The highest BCUT2D eigenvalue weighted by Gasteiger charge is 2.45. The molecule has 0 spiro atoms. The first-order valence-corrected chi connectivity index (χ1v) is 7.77. The van der Waals surface area contributed by atoms with E-state index in [1.165, 1.54) is 16.7 Å². The number of hydrogen-bond acceptors (Lipinski definition) is 2. The molecule has 0 radical (unpaired) electrons. The summed E-state index contributed by atoms with van der Waals surface area (Å²) in [5.41, 5.74) is 4.22. The average molecular weight is 316 g/mol. The van der Waals surface area contributed by atoms with Crippen LogP contribution in [0, 0.1) is 0 Å². The van der Waals surface area contributed by atoms with Gasteiger partial charge in [0, 0.05) is 11.5 Å². The van der Waals surface area contributed by atoms with Crippen LogP contribution in [-0.2, 0) is 11.8 Å². The lowest BCUT2D eigenvalue weighted by Gasteiger charge is -2.50. The summed E-state index contributed by atoms with van der Waals surface area (Å²) < 4.78 is 0. The minimum absolute atomic E-state index is 0. The van der Waals surface area contributed by atoms with Crippen LogP contribution in [0.4, 0.5) is 0 Å². The first-order chi connectivity index (χ1) is 10.2. The zero-order chi connectivity index (χ0) is 14.4. The van der Waals surface area contributed by atoms with Crippen molar-refractivity contribution >= 4 is 12.4 Å². The van der Waals surface area contributed by atoms with E-state index in [0.29, 0.717) is 11.8 Å². The third-order valence-electron chi connectivity index (χ3n) is 5.49. The van der Waals surface area contributed by atoms with Gasteiger partial charge in [0.2, 0.25) is 0 Å². The van der Waals surface area contributed by atoms with E-state index in [1.807, 2.05) is 12.1 Å². The highest BCUT2D eigenvalue weighted by molar-refractivity contribution is 5.85. The van der Waals surface area contributed by atoms with E-state index in [-0.39, 0.29) is 17.8 Å². The monoisotopic (exact) mass is 315 g/mol. The van der Waals surface area contributed by atoms with Gasteiger partial charge in [-0.2, -0.15) is 0 Å². The summed E-state index contributed by atoms with van der Waals surface area (Å²) in [6, 6.07) is 17.4. The number of hydrogen-bond donors (Lipinski definition) is 1. The Morgan fingerprint density at radius 3 is 2.68 bits per heavy atom. The summed E-state index contributed by atoms with van der Waals surface area (Å²) in [7, 11) is 2.24. The van der Waals surface area contributed by atoms with Gasteiger partial charge in [-0.25, -0.2) is 0 Å². The molecule has 1 fully saturated rings. The van der Waals surface area contributed by atoms with E-state index in [0.717, 1.165) is 25.8 Å². The number of piperidine rings is 1. The second-order valence-electron chi connectivity index (χ2n) is 6.58. The Hall–Kier alpha value is -1.51. The second kappa shape index (κ2) is 5.60. The molecular formula is C19H22ClNO. The molecule has 2 unspecified atom stereocenters. The van der Waals surface area contributed by atoms with Crippen LogP contribution in [0.3, 0.4) is 0 Å². The first-order valence-electron chi connectivity index (χ1n) is 7.77. The molecule has 1 heterocycles. The van der Waals surface area contributed by atoms with Crippen molar-refractivity contribution in [3.8, 4) is 5.75 Å². The summed E-state index contributed by atoms with van der Waals surface area (Å²) in [4.78, 5) is 2.50. The van der Waals surface area contributed by atoms with Crippen LogP contribution in [0.25, 0.3) is 0 Å². The van der Waals surface area contributed by atoms with Crippen LogP contribution in [0.5, 0.6) is 5.75 Å². The highest BCUT2D eigenvalue weighted by Crippen LogP contribution is 2.49. The number of rotatable bonds is 1. The van der Waals surface area contributed by atoms with Crippen molar-refractivity contribution < 1.29 is 5.11 Å². The topological polar surface area (TPSA) is 23.5 Å². The summed E-state index contributed by atoms with van der Waals surface area (Å²) in [5, 5.41) is 9.99. The van der Waals surface area contributed by atoms with E-state index in [2.05, 4.69) is 48.3 Å². The van der Waals surface area contributed by atoms with Gasteiger partial charge in [-0.3, -0.25) is 0 Å². The fourth-order valence-electron chi connectivity index (χ4n) is 4.30. The van der Waals surface area contributed by atoms with Crippen molar-refractivity contribution in [2.45, 2.75) is 30.7 Å². The lowest BCUT2D eigenvalue weighted by atomic mass is 9.60. The van der Waals surface area contributed by atoms with Gasteiger partial charge in [-0.15, -0.1) is 12.4 Å². The molecule has 2 aromatic rings. The largest absolute Gasteiger partial charge is 0.508 e. The smallest absolute Gasteiger partial charge is 0.115 e.